The second kappa shape index (κ2) is 10.5. The van der Waals surface area contributed by atoms with Gasteiger partial charge in [-0.1, -0.05) is 26.0 Å². The van der Waals surface area contributed by atoms with Gasteiger partial charge in [0.1, 0.15) is 0 Å². The zero-order valence-corrected chi connectivity index (χ0v) is 15.4. The third-order valence-corrected chi connectivity index (χ3v) is 4.36. The first kappa shape index (κ1) is 19.8. The molecule has 0 saturated carbocycles. The van der Waals surface area contributed by atoms with E-state index in [2.05, 4.69) is 24.1 Å². The summed E-state index contributed by atoms with van der Waals surface area (Å²) < 4.78 is 5.30. The fraction of sp³-hybridized carbons (Fsp3) is 0.632. The molecule has 1 saturated heterocycles. The summed E-state index contributed by atoms with van der Waals surface area (Å²) in [6, 6.07) is 8.35. The van der Waals surface area contributed by atoms with Crippen molar-refractivity contribution in [2.75, 3.05) is 52.5 Å². The van der Waals surface area contributed by atoms with Crippen molar-refractivity contribution in [3.63, 3.8) is 0 Å². The van der Waals surface area contributed by atoms with Crippen LogP contribution in [-0.2, 0) is 11.3 Å². The van der Waals surface area contributed by atoms with Crippen molar-refractivity contribution in [3.8, 4) is 0 Å². The van der Waals surface area contributed by atoms with Crippen LogP contribution in [0, 0.1) is 0 Å². The van der Waals surface area contributed by atoms with Gasteiger partial charge in [-0.3, -0.25) is 9.69 Å². The van der Waals surface area contributed by atoms with Gasteiger partial charge in [0.2, 0.25) is 0 Å². The second-order valence-corrected chi connectivity index (χ2v) is 6.70. The van der Waals surface area contributed by atoms with Gasteiger partial charge >= 0.3 is 0 Å². The zero-order chi connectivity index (χ0) is 18.1. The summed E-state index contributed by atoms with van der Waals surface area (Å²) >= 11 is 0. The first-order chi connectivity index (χ1) is 12.1. The quantitative estimate of drug-likeness (QED) is 0.650. The van der Waals surface area contributed by atoms with Crippen molar-refractivity contribution < 1.29 is 14.6 Å². The largest absolute Gasteiger partial charge is 0.394 e. The zero-order valence-electron chi connectivity index (χ0n) is 15.4. The number of nitrogens with one attached hydrogen (secondary N) is 1. The summed E-state index contributed by atoms with van der Waals surface area (Å²) in [6.07, 6.45) is 0. The number of hydrogen-bond donors (Lipinski definition) is 2. The van der Waals surface area contributed by atoms with Gasteiger partial charge in [-0.15, -0.1) is 0 Å². The third-order valence-electron chi connectivity index (χ3n) is 4.36. The number of benzene rings is 1. The topological polar surface area (TPSA) is 65.0 Å². The number of amides is 1. The van der Waals surface area contributed by atoms with E-state index < -0.39 is 0 Å². The molecule has 6 heteroatoms. The molecule has 1 amide bonds. The highest BCUT2D eigenvalue weighted by atomic mass is 16.5. The lowest BCUT2D eigenvalue weighted by molar-refractivity contribution is 0.0486. The SMILES string of the molecule is CC(C)NCc1ccc(C(=O)N2CCN(CCOCCO)CC2)cc1. The number of aliphatic hydroxyl groups excluding tert-OH is 1. The number of hydrogen-bond acceptors (Lipinski definition) is 5. The molecule has 1 fully saturated rings. The fourth-order valence-electron chi connectivity index (χ4n) is 2.80. The van der Waals surface area contributed by atoms with Gasteiger partial charge in [0.15, 0.2) is 0 Å². The molecule has 0 bridgehead atoms. The van der Waals surface area contributed by atoms with Gasteiger partial charge in [0.05, 0.1) is 19.8 Å². The maximum absolute atomic E-state index is 12.6. The predicted molar refractivity (Wildman–Crippen MR) is 98.7 cm³/mol. The van der Waals surface area contributed by atoms with Crippen LogP contribution in [0.1, 0.15) is 29.8 Å². The maximum Gasteiger partial charge on any atom is 0.253 e. The normalized spacial score (nSPS) is 15.8. The molecule has 0 unspecified atom stereocenters. The molecule has 1 aromatic carbocycles. The summed E-state index contributed by atoms with van der Waals surface area (Å²) in [5, 5.41) is 12.1. The van der Waals surface area contributed by atoms with Crippen molar-refractivity contribution in [2.45, 2.75) is 26.4 Å². The first-order valence-electron chi connectivity index (χ1n) is 9.12. The number of aliphatic hydroxyl groups is 1. The number of piperazine rings is 1. The Morgan fingerprint density at radius 1 is 1.16 bits per heavy atom. The molecule has 6 nitrogen and oxygen atoms in total. The predicted octanol–water partition coefficient (Wildman–Crippen LogP) is 0.951. The van der Waals surface area contributed by atoms with E-state index >= 15 is 0 Å². The maximum atomic E-state index is 12.6. The summed E-state index contributed by atoms with van der Waals surface area (Å²) in [5.74, 6) is 0.111. The van der Waals surface area contributed by atoms with E-state index in [9.17, 15) is 4.79 Å². The average molecular weight is 349 g/mol. The monoisotopic (exact) mass is 349 g/mol. The second-order valence-electron chi connectivity index (χ2n) is 6.70. The van der Waals surface area contributed by atoms with E-state index in [1.807, 2.05) is 29.2 Å². The number of nitrogens with zero attached hydrogens (tertiary/aromatic N) is 2. The lowest BCUT2D eigenvalue weighted by Gasteiger charge is -2.34. The van der Waals surface area contributed by atoms with Crippen LogP contribution < -0.4 is 5.32 Å². The highest BCUT2D eigenvalue weighted by Gasteiger charge is 2.21. The van der Waals surface area contributed by atoms with E-state index in [0.29, 0.717) is 19.3 Å². The minimum absolute atomic E-state index is 0.0641. The molecule has 1 aromatic rings. The molecule has 0 aliphatic carbocycles. The molecule has 1 aliphatic rings. The Balaban J connectivity index is 1.76. The van der Waals surface area contributed by atoms with Crippen LogP contribution in [-0.4, -0.2) is 79.4 Å². The Labute approximate surface area is 150 Å². The highest BCUT2D eigenvalue weighted by Crippen LogP contribution is 2.11. The number of rotatable bonds is 9. The van der Waals surface area contributed by atoms with Crippen molar-refractivity contribution in [1.82, 2.24) is 15.1 Å². The molecule has 0 aromatic heterocycles. The molecular weight excluding hydrogens is 318 g/mol. The average Bonchev–Trinajstić information content (AvgIpc) is 2.64. The molecule has 140 valence electrons. The minimum atomic E-state index is 0.0641. The summed E-state index contributed by atoms with van der Waals surface area (Å²) in [7, 11) is 0. The van der Waals surface area contributed by atoms with Gasteiger partial charge < -0.3 is 20.1 Å². The molecule has 0 spiro atoms. The van der Waals surface area contributed by atoms with Crippen LogP contribution in [0.5, 0.6) is 0 Å². The molecule has 2 rings (SSSR count). The van der Waals surface area contributed by atoms with E-state index in [4.69, 9.17) is 9.84 Å². The van der Waals surface area contributed by atoms with Crippen molar-refractivity contribution >= 4 is 5.91 Å². The lowest BCUT2D eigenvalue weighted by Crippen LogP contribution is -2.49. The van der Waals surface area contributed by atoms with Gasteiger partial charge in [-0.2, -0.15) is 0 Å². The standard InChI is InChI=1S/C19H31N3O3/c1-16(2)20-15-17-3-5-18(6-4-17)19(24)22-9-7-21(8-10-22)11-13-25-14-12-23/h3-6,16,20,23H,7-15H2,1-2H3. The van der Waals surface area contributed by atoms with Crippen molar-refractivity contribution in [1.29, 1.82) is 0 Å². The third kappa shape index (κ3) is 6.74. The van der Waals surface area contributed by atoms with Crippen molar-refractivity contribution in [3.05, 3.63) is 35.4 Å². The molecular formula is C19H31N3O3. The summed E-state index contributed by atoms with van der Waals surface area (Å²) in [6.45, 7) is 10.2. The first-order valence-corrected chi connectivity index (χ1v) is 9.12. The number of carbonyl (C=O) groups is 1. The number of carbonyl (C=O) groups excluding carboxylic acids is 1. The van der Waals surface area contributed by atoms with Crippen LogP contribution in [0.2, 0.25) is 0 Å². The smallest absolute Gasteiger partial charge is 0.253 e. The molecule has 0 radical (unpaired) electrons. The van der Waals surface area contributed by atoms with Crippen LogP contribution in [0.4, 0.5) is 0 Å². The van der Waals surface area contributed by atoms with E-state index in [1.165, 1.54) is 5.56 Å². The van der Waals surface area contributed by atoms with E-state index in [-0.39, 0.29) is 12.5 Å². The molecule has 25 heavy (non-hydrogen) atoms. The fourth-order valence-corrected chi connectivity index (χ4v) is 2.80. The van der Waals surface area contributed by atoms with Crippen LogP contribution in [0.3, 0.4) is 0 Å². The van der Waals surface area contributed by atoms with Gasteiger partial charge in [-0.05, 0) is 17.7 Å². The number of ether oxygens (including phenoxy) is 1. The Morgan fingerprint density at radius 2 is 1.84 bits per heavy atom. The van der Waals surface area contributed by atoms with Crippen LogP contribution in [0.15, 0.2) is 24.3 Å². The van der Waals surface area contributed by atoms with Gasteiger partial charge in [0.25, 0.3) is 5.91 Å². The molecule has 0 atom stereocenters. The van der Waals surface area contributed by atoms with Crippen LogP contribution >= 0.6 is 0 Å². The van der Waals surface area contributed by atoms with Gasteiger partial charge in [0, 0.05) is 50.9 Å². The lowest BCUT2D eigenvalue weighted by atomic mass is 10.1. The Kier molecular flexibility index (Phi) is 8.34. The molecule has 1 aliphatic heterocycles. The van der Waals surface area contributed by atoms with Gasteiger partial charge in [-0.25, -0.2) is 0 Å². The minimum Gasteiger partial charge on any atom is -0.394 e. The molecule has 1 heterocycles. The Morgan fingerprint density at radius 3 is 2.44 bits per heavy atom. The summed E-state index contributed by atoms with van der Waals surface area (Å²) in [4.78, 5) is 16.8. The van der Waals surface area contributed by atoms with E-state index in [1.54, 1.807) is 0 Å². The Bertz CT molecular complexity index is 511. The van der Waals surface area contributed by atoms with Crippen molar-refractivity contribution in [2.24, 2.45) is 0 Å². The van der Waals surface area contributed by atoms with E-state index in [0.717, 1.165) is 44.8 Å². The van der Waals surface area contributed by atoms with Crippen LogP contribution in [0.25, 0.3) is 0 Å². The highest BCUT2D eigenvalue weighted by molar-refractivity contribution is 5.94. The Hall–Kier alpha value is -1.47. The molecule has 2 N–H and O–H groups in total. The summed E-state index contributed by atoms with van der Waals surface area (Å²) in [5.41, 5.74) is 1.95.